The van der Waals surface area contributed by atoms with Crippen molar-refractivity contribution >= 4 is 17.6 Å². The van der Waals surface area contributed by atoms with Crippen LogP contribution in [-0.4, -0.2) is 59.8 Å². The largest absolute Gasteiger partial charge is 0.471 e. The first-order chi connectivity index (χ1) is 8.71. The van der Waals surface area contributed by atoms with Crippen LogP contribution in [-0.2, 0) is 14.4 Å². The molecule has 0 N–H and O–H groups in total. The second-order valence-electron chi connectivity index (χ2n) is 4.37. The maximum absolute atomic E-state index is 12.2. The summed E-state index contributed by atoms with van der Waals surface area (Å²) >= 11 is 0. The summed E-state index contributed by atoms with van der Waals surface area (Å²) < 4.78 is 36.6. The highest BCUT2D eigenvalue weighted by atomic mass is 19.4. The Morgan fingerprint density at radius 2 is 1.42 bits per heavy atom. The molecule has 0 aromatic rings. The molecule has 0 saturated carbocycles. The lowest BCUT2D eigenvalue weighted by Gasteiger charge is -2.35. The summed E-state index contributed by atoms with van der Waals surface area (Å²) in [7, 11) is 0. The number of rotatable bonds is 3. The van der Waals surface area contributed by atoms with Crippen LogP contribution in [0.25, 0.3) is 0 Å². The number of alkyl halides is 3. The summed E-state index contributed by atoms with van der Waals surface area (Å²) in [5, 5.41) is 0. The quantitative estimate of drug-likeness (QED) is 0.760. The molecule has 108 valence electrons. The highest BCUT2D eigenvalue weighted by Gasteiger charge is 2.43. The molecule has 1 aliphatic heterocycles. The summed E-state index contributed by atoms with van der Waals surface area (Å²) in [6, 6.07) is 0. The second kappa shape index (κ2) is 6.03. The molecule has 0 bridgehead atoms. The third kappa shape index (κ3) is 4.53. The number of hydrogen-bond donors (Lipinski definition) is 0. The normalized spacial score (nSPS) is 16.4. The Morgan fingerprint density at radius 3 is 1.84 bits per heavy atom. The lowest BCUT2D eigenvalue weighted by molar-refractivity contribution is -0.187. The number of nitrogens with zero attached hydrogens (tertiary/aromatic N) is 2. The van der Waals surface area contributed by atoms with Gasteiger partial charge >= 0.3 is 12.1 Å². The van der Waals surface area contributed by atoms with Crippen LogP contribution in [0.5, 0.6) is 0 Å². The van der Waals surface area contributed by atoms with Crippen molar-refractivity contribution in [1.82, 2.24) is 9.80 Å². The number of carbonyl (C=O) groups excluding carboxylic acids is 3. The van der Waals surface area contributed by atoms with Crippen LogP contribution >= 0.6 is 0 Å². The highest BCUT2D eigenvalue weighted by molar-refractivity contribution is 5.84. The van der Waals surface area contributed by atoms with Crippen molar-refractivity contribution in [3.05, 3.63) is 0 Å². The zero-order valence-corrected chi connectivity index (χ0v) is 10.5. The molecule has 0 radical (unpaired) electrons. The van der Waals surface area contributed by atoms with Crippen LogP contribution in [0.1, 0.15) is 19.8 Å². The van der Waals surface area contributed by atoms with Crippen molar-refractivity contribution in [3.8, 4) is 0 Å². The fraction of sp³-hybridized carbons (Fsp3) is 0.727. The van der Waals surface area contributed by atoms with Gasteiger partial charge in [0.15, 0.2) is 0 Å². The average Bonchev–Trinajstić information content (AvgIpc) is 2.34. The molecule has 0 aromatic heterocycles. The maximum Gasteiger partial charge on any atom is 0.471 e. The smallest absolute Gasteiger partial charge is 0.339 e. The zero-order valence-electron chi connectivity index (χ0n) is 10.5. The van der Waals surface area contributed by atoms with Gasteiger partial charge in [0, 0.05) is 39.0 Å². The van der Waals surface area contributed by atoms with E-state index < -0.39 is 12.1 Å². The molecular weight excluding hydrogens is 265 g/mol. The van der Waals surface area contributed by atoms with Gasteiger partial charge in [0.1, 0.15) is 5.78 Å². The molecule has 5 nitrogen and oxygen atoms in total. The van der Waals surface area contributed by atoms with E-state index in [4.69, 9.17) is 0 Å². The molecule has 0 atom stereocenters. The van der Waals surface area contributed by atoms with Crippen LogP contribution < -0.4 is 0 Å². The molecule has 1 aliphatic rings. The van der Waals surface area contributed by atoms with Gasteiger partial charge in [-0.15, -0.1) is 0 Å². The molecule has 0 spiro atoms. The number of ketones is 1. The van der Waals surface area contributed by atoms with Gasteiger partial charge in [-0.1, -0.05) is 0 Å². The first-order valence-corrected chi connectivity index (χ1v) is 5.85. The molecule has 0 aromatic carbocycles. The minimum Gasteiger partial charge on any atom is -0.339 e. The summed E-state index contributed by atoms with van der Waals surface area (Å²) in [5.74, 6) is -2.25. The Hall–Kier alpha value is -1.60. The van der Waals surface area contributed by atoms with Crippen molar-refractivity contribution in [2.75, 3.05) is 26.2 Å². The predicted molar refractivity (Wildman–Crippen MR) is 59.1 cm³/mol. The average molecular weight is 280 g/mol. The third-order valence-corrected chi connectivity index (χ3v) is 2.85. The third-order valence-electron chi connectivity index (χ3n) is 2.85. The van der Waals surface area contributed by atoms with Gasteiger partial charge in [-0.2, -0.15) is 13.2 Å². The van der Waals surface area contributed by atoms with E-state index in [1.165, 1.54) is 11.8 Å². The van der Waals surface area contributed by atoms with E-state index in [9.17, 15) is 27.6 Å². The number of piperazine rings is 1. The van der Waals surface area contributed by atoms with Crippen molar-refractivity contribution < 1.29 is 27.6 Å². The van der Waals surface area contributed by atoms with Crippen LogP contribution in [0.2, 0.25) is 0 Å². The monoisotopic (exact) mass is 280 g/mol. The molecule has 1 fully saturated rings. The molecule has 0 aliphatic carbocycles. The number of carbonyl (C=O) groups is 3. The predicted octanol–water partition coefficient (Wildman–Crippen LogP) is 0.589. The van der Waals surface area contributed by atoms with Crippen molar-refractivity contribution in [3.63, 3.8) is 0 Å². The molecule has 8 heteroatoms. The van der Waals surface area contributed by atoms with Gasteiger partial charge in [0.25, 0.3) is 0 Å². The molecular formula is C11H15F3N2O3. The first kappa shape index (κ1) is 15.5. The van der Waals surface area contributed by atoms with E-state index in [1.54, 1.807) is 0 Å². The van der Waals surface area contributed by atoms with Gasteiger partial charge in [-0.25, -0.2) is 0 Å². The molecule has 1 rings (SSSR count). The Bertz CT molecular complexity index is 374. The van der Waals surface area contributed by atoms with E-state index >= 15 is 0 Å². The Morgan fingerprint density at radius 1 is 0.947 bits per heavy atom. The Labute approximate surface area is 108 Å². The number of hydrogen-bond acceptors (Lipinski definition) is 3. The van der Waals surface area contributed by atoms with Gasteiger partial charge in [0.05, 0.1) is 0 Å². The summed E-state index contributed by atoms with van der Waals surface area (Å²) in [6.45, 7) is 1.23. The van der Waals surface area contributed by atoms with Crippen LogP contribution in [0.4, 0.5) is 13.2 Å². The standard InChI is InChI=1S/C11H15F3N2O3/c1-8(17)2-3-9(18)15-4-6-16(7-5-15)10(19)11(12,13)14/h2-7H2,1H3. The van der Waals surface area contributed by atoms with Crippen LogP contribution in [0, 0.1) is 0 Å². The van der Waals surface area contributed by atoms with Crippen LogP contribution in [0.15, 0.2) is 0 Å². The summed E-state index contributed by atoms with van der Waals surface area (Å²) in [4.78, 5) is 35.4. The van der Waals surface area contributed by atoms with Crippen molar-refractivity contribution in [2.45, 2.75) is 25.9 Å². The first-order valence-electron chi connectivity index (χ1n) is 5.85. The lowest BCUT2D eigenvalue weighted by atomic mass is 10.2. The van der Waals surface area contributed by atoms with Gasteiger partial charge in [-0.3, -0.25) is 9.59 Å². The van der Waals surface area contributed by atoms with E-state index in [-0.39, 0.29) is 50.7 Å². The van der Waals surface area contributed by atoms with E-state index in [0.29, 0.717) is 4.90 Å². The molecule has 19 heavy (non-hydrogen) atoms. The van der Waals surface area contributed by atoms with Crippen molar-refractivity contribution in [2.24, 2.45) is 0 Å². The minimum atomic E-state index is -4.87. The van der Waals surface area contributed by atoms with E-state index in [0.717, 1.165) is 0 Å². The van der Waals surface area contributed by atoms with Gasteiger partial charge < -0.3 is 14.6 Å². The number of amides is 2. The SMILES string of the molecule is CC(=O)CCC(=O)N1CCN(C(=O)C(F)(F)F)CC1. The van der Waals surface area contributed by atoms with Crippen molar-refractivity contribution in [1.29, 1.82) is 0 Å². The Balaban J connectivity index is 2.43. The molecule has 2 amide bonds. The topological polar surface area (TPSA) is 57.7 Å². The molecule has 1 saturated heterocycles. The fourth-order valence-electron chi connectivity index (χ4n) is 1.78. The summed E-state index contributed by atoms with van der Waals surface area (Å²) in [5.41, 5.74) is 0. The Kier molecular flexibility index (Phi) is 4.90. The second-order valence-corrected chi connectivity index (χ2v) is 4.37. The summed E-state index contributed by atoms with van der Waals surface area (Å²) in [6.07, 6.45) is -4.69. The lowest BCUT2D eigenvalue weighted by Crippen LogP contribution is -2.53. The zero-order chi connectivity index (χ0) is 14.6. The van der Waals surface area contributed by atoms with Gasteiger partial charge in [0.2, 0.25) is 5.91 Å². The van der Waals surface area contributed by atoms with E-state index in [2.05, 4.69) is 0 Å². The number of halogens is 3. The molecule has 0 unspecified atom stereocenters. The fourth-order valence-corrected chi connectivity index (χ4v) is 1.78. The van der Waals surface area contributed by atoms with Crippen LogP contribution in [0.3, 0.4) is 0 Å². The maximum atomic E-state index is 12.2. The number of Topliss-reactive ketones (excluding diaryl/α,β-unsaturated/α-hetero) is 1. The minimum absolute atomic E-state index is 0.0581. The highest BCUT2D eigenvalue weighted by Crippen LogP contribution is 2.19. The molecule has 1 heterocycles. The van der Waals surface area contributed by atoms with E-state index in [1.807, 2.05) is 0 Å². The van der Waals surface area contributed by atoms with Gasteiger partial charge in [-0.05, 0) is 6.92 Å².